The molecule has 0 bridgehead atoms. The zero-order valence-corrected chi connectivity index (χ0v) is 9.36. The molecular formula is C7H10ClFN2O2S. The minimum atomic E-state index is -3.80. The van der Waals surface area contributed by atoms with Gasteiger partial charge in [-0.05, 0) is 13.8 Å². The normalized spacial score (nSPS) is 12.0. The molecule has 0 saturated heterocycles. The molecule has 0 unspecified atom stereocenters. The fourth-order valence-corrected chi connectivity index (χ4v) is 2.85. The molecule has 0 amide bonds. The molecule has 0 saturated carbocycles. The summed E-state index contributed by atoms with van der Waals surface area (Å²) in [6, 6.07) is 0. The van der Waals surface area contributed by atoms with Crippen LogP contribution >= 0.6 is 10.7 Å². The van der Waals surface area contributed by atoms with Crippen LogP contribution in [-0.4, -0.2) is 24.9 Å². The molecule has 80 valence electrons. The van der Waals surface area contributed by atoms with Crippen LogP contribution < -0.4 is 0 Å². The van der Waals surface area contributed by atoms with Crippen LogP contribution in [0.2, 0.25) is 0 Å². The molecule has 1 aromatic rings. The Morgan fingerprint density at radius 1 is 1.50 bits per heavy atom. The number of aryl methyl sites for hydroxylation is 2. The van der Waals surface area contributed by atoms with Gasteiger partial charge in [0.05, 0.1) is 17.9 Å². The van der Waals surface area contributed by atoms with Crippen molar-refractivity contribution in [2.24, 2.45) is 0 Å². The Balaban J connectivity index is 3.32. The van der Waals surface area contributed by atoms with E-state index in [2.05, 4.69) is 5.10 Å². The third-order valence-electron chi connectivity index (χ3n) is 1.86. The smallest absolute Gasteiger partial charge is 0.264 e. The second kappa shape index (κ2) is 3.86. The van der Waals surface area contributed by atoms with Gasteiger partial charge in [-0.25, -0.2) is 12.8 Å². The van der Waals surface area contributed by atoms with Gasteiger partial charge in [-0.1, -0.05) is 0 Å². The first kappa shape index (κ1) is 11.5. The van der Waals surface area contributed by atoms with Crippen molar-refractivity contribution in [3.05, 3.63) is 11.4 Å². The van der Waals surface area contributed by atoms with E-state index in [4.69, 9.17) is 10.7 Å². The third-order valence-corrected chi connectivity index (χ3v) is 3.40. The lowest BCUT2D eigenvalue weighted by Crippen LogP contribution is -2.04. The molecule has 0 aliphatic rings. The van der Waals surface area contributed by atoms with Gasteiger partial charge < -0.3 is 0 Å². The summed E-state index contributed by atoms with van der Waals surface area (Å²) in [7, 11) is 1.41. The topological polar surface area (TPSA) is 52.0 Å². The second-order valence-corrected chi connectivity index (χ2v) is 5.35. The molecule has 0 radical (unpaired) electrons. The van der Waals surface area contributed by atoms with Gasteiger partial charge in [0.15, 0.2) is 0 Å². The lowest BCUT2D eigenvalue weighted by molar-refractivity contribution is 0.421. The summed E-state index contributed by atoms with van der Waals surface area (Å²) in [6.45, 7) is 2.52. The summed E-state index contributed by atoms with van der Waals surface area (Å²) in [5.74, 6) is 0. The van der Waals surface area contributed by atoms with Crippen molar-refractivity contribution in [1.82, 2.24) is 9.78 Å². The molecule has 1 rings (SSSR count). The van der Waals surface area contributed by atoms with E-state index in [0.717, 1.165) is 0 Å². The van der Waals surface area contributed by atoms with Gasteiger partial charge in [-0.3, -0.25) is 4.68 Å². The Morgan fingerprint density at radius 2 is 2.07 bits per heavy atom. The van der Waals surface area contributed by atoms with Crippen molar-refractivity contribution in [2.75, 3.05) is 6.67 Å². The molecular weight excluding hydrogens is 231 g/mol. The zero-order chi connectivity index (χ0) is 10.9. The van der Waals surface area contributed by atoms with Gasteiger partial charge in [0.1, 0.15) is 11.6 Å². The van der Waals surface area contributed by atoms with Crippen LogP contribution in [0.4, 0.5) is 4.39 Å². The molecule has 0 aliphatic carbocycles. The third kappa shape index (κ3) is 2.06. The first-order chi connectivity index (χ1) is 6.38. The molecule has 0 N–H and O–H groups in total. The minimum absolute atomic E-state index is 0.0207. The molecule has 1 heterocycles. The van der Waals surface area contributed by atoms with Crippen molar-refractivity contribution in [1.29, 1.82) is 0 Å². The number of halogens is 2. The molecule has 0 aromatic carbocycles. The summed E-state index contributed by atoms with van der Waals surface area (Å²) in [6.07, 6.45) is 0. The van der Waals surface area contributed by atoms with Gasteiger partial charge in [-0.15, -0.1) is 0 Å². The maximum Gasteiger partial charge on any atom is 0.264 e. The highest BCUT2D eigenvalue weighted by Gasteiger charge is 2.21. The maximum absolute atomic E-state index is 12.1. The van der Waals surface area contributed by atoms with E-state index in [1.807, 2.05) is 0 Å². The number of hydrogen-bond donors (Lipinski definition) is 0. The lowest BCUT2D eigenvalue weighted by atomic mass is 10.4. The zero-order valence-electron chi connectivity index (χ0n) is 7.79. The fourth-order valence-electron chi connectivity index (χ4n) is 1.33. The molecule has 14 heavy (non-hydrogen) atoms. The summed E-state index contributed by atoms with van der Waals surface area (Å²) < 4.78 is 35.6. The quantitative estimate of drug-likeness (QED) is 0.751. The standard InChI is InChI=1S/C7H10ClFN2O2S/c1-5-7(14(8,12)13)6(2)11(10-5)4-3-9/h3-4H2,1-2H3. The van der Waals surface area contributed by atoms with E-state index >= 15 is 0 Å². The van der Waals surface area contributed by atoms with Gasteiger partial charge >= 0.3 is 0 Å². The minimum Gasteiger partial charge on any atom is -0.266 e. The van der Waals surface area contributed by atoms with Crippen LogP contribution in [-0.2, 0) is 15.6 Å². The van der Waals surface area contributed by atoms with Crippen molar-refractivity contribution < 1.29 is 12.8 Å². The Bertz CT molecular complexity index is 441. The average molecular weight is 241 g/mol. The fraction of sp³-hybridized carbons (Fsp3) is 0.571. The van der Waals surface area contributed by atoms with E-state index in [9.17, 15) is 12.8 Å². The predicted octanol–water partition coefficient (Wildman–Crippen LogP) is 1.40. The lowest BCUT2D eigenvalue weighted by Gasteiger charge is -1.99. The van der Waals surface area contributed by atoms with Crippen LogP contribution in [0.25, 0.3) is 0 Å². The van der Waals surface area contributed by atoms with Crippen molar-refractivity contribution in [3.8, 4) is 0 Å². The van der Waals surface area contributed by atoms with E-state index < -0.39 is 15.7 Å². The van der Waals surface area contributed by atoms with E-state index in [1.165, 1.54) is 11.6 Å². The molecule has 4 nitrogen and oxygen atoms in total. The molecule has 0 atom stereocenters. The van der Waals surface area contributed by atoms with Crippen molar-refractivity contribution >= 4 is 19.7 Å². The molecule has 0 spiro atoms. The molecule has 7 heteroatoms. The van der Waals surface area contributed by atoms with Crippen LogP contribution in [0, 0.1) is 13.8 Å². The number of aromatic nitrogens is 2. The van der Waals surface area contributed by atoms with Gasteiger partial charge in [0, 0.05) is 10.7 Å². The second-order valence-electron chi connectivity index (χ2n) is 2.85. The summed E-state index contributed by atoms with van der Waals surface area (Å²) >= 11 is 0. The highest BCUT2D eigenvalue weighted by Crippen LogP contribution is 2.22. The summed E-state index contributed by atoms with van der Waals surface area (Å²) in [5.41, 5.74) is 0.668. The van der Waals surface area contributed by atoms with Gasteiger partial charge in [0.2, 0.25) is 0 Å². The van der Waals surface area contributed by atoms with E-state index in [-0.39, 0.29) is 11.4 Å². The van der Waals surface area contributed by atoms with E-state index in [0.29, 0.717) is 11.4 Å². The van der Waals surface area contributed by atoms with Crippen molar-refractivity contribution in [2.45, 2.75) is 25.3 Å². The number of nitrogens with zero attached hydrogens (tertiary/aromatic N) is 2. The number of rotatable bonds is 3. The van der Waals surface area contributed by atoms with Crippen LogP contribution in [0.5, 0.6) is 0 Å². The highest BCUT2D eigenvalue weighted by atomic mass is 35.7. The van der Waals surface area contributed by atoms with Crippen LogP contribution in [0.1, 0.15) is 11.4 Å². The Morgan fingerprint density at radius 3 is 2.43 bits per heavy atom. The monoisotopic (exact) mass is 240 g/mol. The molecule has 1 aromatic heterocycles. The Labute approximate surface area is 86.1 Å². The van der Waals surface area contributed by atoms with Gasteiger partial charge in [0.25, 0.3) is 9.05 Å². The van der Waals surface area contributed by atoms with Gasteiger partial charge in [-0.2, -0.15) is 5.10 Å². The SMILES string of the molecule is Cc1nn(CCF)c(C)c1S(=O)(=O)Cl. The maximum atomic E-state index is 12.1. The predicted molar refractivity (Wildman–Crippen MR) is 50.7 cm³/mol. The number of hydrogen-bond acceptors (Lipinski definition) is 3. The Kier molecular flexibility index (Phi) is 3.16. The average Bonchev–Trinajstić information content (AvgIpc) is 2.26. The van der Waals surface area contributed by atoms with Crippen molar-refractivity contribution in [3.63, 3.8) is 0 Å². The highest BCUT2D eigenvalue weighted by molar-refractivity contribution is 8.13. The first-order valence-corrected chi connectivity index (χ1v) is 6.23. The van der Waals surface area contributed by atoms with Crippen LogP contribution in [0.15, 0.2) is 4.90 Å². The first-order valence-electron chi connectivity index (χ1n) is 3.92. The summed E-state index contributed by atoms with van der Waals surface area (Å²) in [5, 5.41) is 3.88. The molecule has 0 aliphatic heterocycles. The largest absolute Gasteiger partial charge is 0.266 e. The Hall–Kier alpha value is -0.620. The molecule has 0 fully saturated rings. The summed E-state index contributed by atoms with van der Waals surface area (Å²) in [4.78, 5) is -0.0207. The van der Waals surface area contributed by atoms with E-state index in [1.54, 1.807) is 6.92 Å². The van der Waals surface area contributed by atoms with Crippen LogP contribution in [0.3, 0.4) is 0 Å². The number of alkyl halides is 1.